The van der Waals surface area contributed by atoms with Gasteiger partial charge in [0.2, 0.25) is 0 Å². The summed E-state index contributed by atoms with van der Waals surface area (Å²) < 4.78 is 0. The lowest BCUT2D eigenvalue weighted by Gasteiger charge is -1.97. The lowest BCUT2D eigenvalue weighted by atomic mass is 10.3. The summed E-state index contributed by atoms with van der Waals surface area (Å²) in [6.45, 7) is 0. The minimum atomic E-state index is 0.722. The highest BCUT2D eigenvalue weighted by molar-refractivity contribution is 7.99. The van der Waals surface area contributed by atoms with Crippen LogP contribution >= 0.6 is 23.1 Å². The summed E-state index contributed by atoms with van der Waals surface area (Å²) in [6, 6.07) is 7.67. The maximum absolute atomic E-state index is 5.77. The van der Waals surface area contributed by atoms with Gasteiger partial charge in [-0.2, -0.15) is 0 Å². The number of anilines is 1. The molecule has 4 aromatic rings. The molecule has 7 heteroatoms. The molecule has 20 heavy (non-hydrogen) atoms. The average Bonchev–Trinajstić information content (AvgIpc) is 3.04. The third-order valence-electron chi connectivity index (χ3n) is 2.90. The number of aromatic amines is 1. The van der Waals surface area contributed by atoms with Crippen molar-refractivity contribution in [2.24, 2.45) is 0 Å². The molecule has 0 atom stereocenters. The van der Waals surface area contributed by atoms with E-state index in [1.54, 1.807) is 17.7 Å². The third kappa shape index (κ3) is 1.91. The van der Waals surface area contributed by atoms with Crippen molar-refractivity contribution in [2.75, 3.05) is 5.73 Å². The zero-order valence-corrected chi connectivity index (χ0v) is 11.8. The SMILES string of the molecule is Nc1ccc2nc(Sc3ncnc4sccc34)[nH]c2c1. The number of nitrogen functional groups attached to an aromatic ring is 1. The molecule has 0 bridgehead atoms. The summed E-state index contributed by atoms with van der Waals surface area (Å²) in [4.78, 5) is 17.4. The second-order valence-corrected chi connectivity index (χ2v) is 6.11. The standard InChI is InChI=1S/C13H9N5S2/c14-7-1-2-9-10(5-7)18-13(17-9)20-12-8-3-4-19-11(8)15-6-16-12/h1-6H,14H2,(H,17,18). The molecule has 0 spiro atoms. The largest absolute Gasteiger partial charge is 0.399 e. The number of thiophene rings is 1. The molecule has 0 aliphatic carbocycles. The Morgan fingerprint density at radius 1 is 1.20 bits per heavy atom. The first kappa shape index (κ1) is 11.7. The number of hydrogen-bond acceptors (Lipinski definition) is 6. The number of nitrogens with one attached hydrogen (secondary N) is 1. The summed E-state index contributed by atoms with van der Waals surface area (Å²) >= 11 is 3.11. The van der Waals surface area contributed by atoms with E-state index in [1.807, 2.05) is 29.6 Å². The molecule has 0 aliphatic heterocycles. The molecule has 4 rings (SSSR count). The van der Waals surface area contributed by atoms with Crippen LogP contribution in [0.4, 0.5) is 5.69 Å². The highest BCUT2D eigenvalue weighted by Gasteiger charge is 2.10. The van der Waals surface area contributed by atoms with Crippen LogP contribution in [0.15, 0.2) is 46.2 Å². The first-order chi connectivity index (χ1) is 9.79. The lowest BCUT2D eigenvalue weighted by Crippen LogP contribution is -1.84. The highest BCUT2D eigenvalue weighted by Crippen LogP contribution is 2.32. The number of benzene rings is 1. The van der Waals surface area contributed by atoms with Crippen molar-refractivity contribution in [3.05, 3.63) is 36.0 Å². The molecule has 0 fully saturated rings. The zero-order valence-electron chi connectivity index (χ0n) is 10.2. The van der Waals surface area contributed by atoms with Crippen molar-refractivity contribution in [3.63, 3.8) is 0 Å². The minimum Gasteiger partial charge on any atom is -0.399 e. The fourth-order valence-electron chi connectivity index (χ4n) is 1.99. The van der Waals surface area contributed by atoms with Crippen molar-refractivity contribution in [1.29, 1.82) is 0 Å². The second-order valence-electron chi connectivity index (χ2n) is 4.24. The molecule has 0 amide bonds. The van der Waals surface area contributed by atoms with Gasteiger partial charge in [-0.3, -0.25) is 0 Å². The predicted octanol–water partition coefficient (Wildman–Crippen LogP) is 3.30. The molecular weight excluding hydrogens is 290 g/mol. The van der Waals surface area contributed by atoms with E-state index in [1.165, 1.54) is 11.8 Å². The van der Waals surface area contributed by atoms with Gasteiger partial charge in [0, 0.05) is 11.1 Å². The van der Waals surface area contributed by atoms with Crippen LogP contribution in [-0.2, 0) is 0 Å². The molecule has 5 nitrogen and oxygen atoms in total. The van der Waals surface area contributed by atoms with E-state index < -0.39 is 0 Å². The van der Waals surface area contributed by atoms with E-state index in [4.69, 9.17) is 5.73 Å². The first-order valence-corrected chi connectivity index (χ1v) is 7.60. The van der Waals surface area contributed by atoms with Gasteiger partial charge in [0.1, 0.15) is 16.2 Å². The molecule has 98 valence electrons. The second kappa shape index (κ2) is 4.46. The Balaban J connectivity index is 1.78. The maximum Gasteiger partial charge on any atom is 0.172 e. The van der Waals surface area contributed by atoms with Crippen molar-refractivity contribution in [3.8, 4) is 0 Å². The molecule has 3 N–H and O–H groups in total. The molecule has 0 radical (unpaired) electrons. The molecule has 3 aromatic heterocycles. The van der Waals surface area contributed by atoms with E-state index in [-0.39, 0.29) is 0 Å². The number of nitrogens with zero attached hydrogens (tertiary/aromatic N) is 3. The van der Waals surface area contributed by atoms with Crippen LogP contribution in [0.1, 0.15) is 0 Å². The molecule has 0 aliphatic rings. The van der Waals surface area contributed by atoms with Crippen LogP contribution in [0.5, 0.6) is 0 Å². The quantitative estimate of drug-likeness (QED) is 0.438. The highest BCUT2D eigenvalue weighted by atomic mass is 32.2. The Bertz CT molecular complexity index is 911. The summed E-state index contributed by atoms with van der Waals surface area (Å²) in [5.74, 6) is 0. The van der Waals surface area contributed by atoms with Gasteiger partial charge in [0.15, 0.2) is 5.16 Å². The topological polar surface area (TPSA) is 80.5 Å². The van der Waals surface area contributed by atoms with Crippen molar-refractivity contribution in [1.82, 2.24) is 19.9 Å². The van der Waals surface area contributed by atoms with Crippen LogP contribution < -0.4 is 5.73 Å². The number of fused-ring (bicyclic) bond motifs is 2. The summed E-state index contributed by atoms with van der Waals surface area (Å²) in [6.07, 6.45) is 1.59. The molecular formula is C13H9N5S2. The Labute approximate surface area is 122 Å². The fraction of sp³-hybridized carbons (Fsp3) is 0. The van der Waals surface area contributed by atoms with Gasteiger partial charge in [-0.05, 0) is 41.4 Å². The number of nitrogens with two attached hydrogens (primary N) is 1. The number of hydrogen-bond donors (Lipinski definition) is 2. The molecule has 1 aromatic carbocycles. The van der Waals surface area contributed by atoms with Crippen molar-refractivity contribution in [2.45, 2.75) is 10.2 Å². The van der Waals surface area contributed by atoms with Gasteiger partial charge in [0.05, 0.1) is 11.0 Å². The Morgan fingerprint density at radius 2 is 2.15 bits per heavy atom. The van der Waals surface area contributed by atoms with Crippen LogP contribution in [-0.4, -0.2) is 19.9 Å². The third-order valence-corrected chi connectivity index (χ3v) is 4.63. The Morgan fingerprint density at radius 3 is 3.10 bits per heavy atom. The summed E-state index contributed by atoms with van der Waals surface area (Å²) in [5, 5.41) is 4.78. The van der Waals surface area contributed by atoms with E-state index in [0.29, 0.717) is 0 Å². The van der Waals surface area contributed by atoms with E-state index in [0.717, 1.165) is 37.1 Å². The Kier molecular flexibility index (Phi) is 2.61. The molecule has 0 saturated heterocycles. The van der Waals surface area contributed by atoms with E-state index in [2.05, 4.69) is 19.9 Å². The minimum absolute atomic E-state index is 0.722. The zero-order chi connectivity index (χ0) is 13.5. The number of aromatic nitrogens is 4. The van der Waals surface area contributed by atoms with E-state index >= 15 is 0 Å². The normalized spacial score (nSPS) is 11.4. The lowest BCUT2D eigenvalue weighted by molar-refractivity contribution is 1.05. The smallest absolute Gasteiger partial charge is 0.172 e. The van der Waals surface area contributed by atoms with Gasteiger partial charge >= 0.3 is 0 Å². The van der Waals surface area contributed by atoms with Crippen LogP contribution in [0.25, 0.3) is 21.3 Å². The van der Waals surface area contributed by atoms with Crippen LogP contribution in [0, 0.1) is 0 Å². The number of rotatable bonds is 2. The Hall–Kier alpha value is -2.12. The fourth-order valence-corrected chi connectivity index (χ4v) is 3.65. The van der Waals surface area contributed by atoms with Gasteiger partial charge in [0.25, 0.3) is 0 Å². The van der Waals surface area contributed by atoms with Crippen molar-refractivity contribution < 1.29 is 0 Å². The van der Waals surface area contributed by atoms with Gasteiger partial charge < -0.3 is 10.7 Å². The summed E-state index contributed by atoms with van der Waals surface area (Å²) in [7, 11) is 0. The monoisotopic (exact) mass is 299 g/mol. The van der Waals surface area contributed by atoms with Gasteiger partial charge in [-0.15, -0.1) is 11.3 Å². The van der Waals surface area contributed by atoms with Crippen LogP contribution in [0.2, 0.25) is 0 Å². The predicted molar refractivity (Wildman–Crippen MR) is 82.0 cm³/mol. The first-order valence-electron chi connectivity index (χ1n) is 5.91. The average molecular weight is 299 g/mol. The number of H-pyrrole nitrogens is 1. The molecule has 0 saturated carbocycles. The van der Waals surface area contributed by atoms with Crippen LogP contribution in [0.3, 0.4) is 0 Å². The van der Waals surface area contributed by atoms with Crippen molar-refractivity contribution >= 4 is 50.0 Å². The molecule has 0 unspecified atom stereocenters. The van der Waals surface area contributed by atoms with Gasteiger partial charge in [-0.25, -0.2) is 15.0 Å². The van der Waals surface area contributed by atoms with Gasteiger partial charge in [-0.1, -0.05) is 0 Å². The molecule has 3 heterocycles. The summed E-state index contributed by atoms with van der Waals surface area (Å²) in [5.41, 5.74) is 8.33. The number of imidazole rings is 1. The van der Waals surface area contributed by atoms with E-state index in [9.17, 15) is 0 Å². The maximum atomic E-state index is 5.77.